The highest BCUT2D eigenvalue weighted by Gasteiger charge is 2.24. The number of carbonyl (C=O) groups is 2. The van der Waals surface area contributed by atoms with Crippen LogP contribution in [0.4, 0.5) is 5.00 Å². The molecular formula is C30H24N2O4S. The van der Waals surface area contributed by atoms with Crippen LogP contribution in [0.2, 0.25) is 0 Å². The third-order valence-corrected chi connectivity index (χ3v) is 6.82. The van der Waals surface area contributed by atoms with Gasteiger partial charge in [-0.25, -0.2) is 9.78 Å². The van der Waals surface area contributed by atoms with Crippen molar-refractivity contribution in [2.45, 2.75) is 6.92 Å². The molecule has 5 rings (SSSR count). The summed E-state index contributed by atoms with van der Waals surface area (Å²) < 4.78 is 10.6. The number of carbonyl (C=O) groups excluding carboxylic acids is 2. The SMILES string of the molecule is CCOC(=O)c1c(-c2ccc(OC)cc2)csc1NC(=O)c1cc(-c2ccccc2)nc2ccccc12. The highest BCUT2D eigenvalue weighted by molar-refractivity contribution is 7.15. The monoisotopic (exact) mass is 508 g/mol. The number of thiophene rings is 1. The number of rotatable bonds is 7. The highest BCUT2D eigenvalue weighted by Crippen LogP contribution is 2.37. The lowest BCUT2D eigenvalue weighted by molar-refractivity contribution is 0.0529. The first-order valence-corrected chi connectivity index (χ1v) is 12.7. The van der Waals surface area contributed by atoms with Gasteiger partial charge in [0, 0.05) is 21.9 Å². The molecule has 0 spiro atoms. The van der Waals surface area contributed by atoms with Crippen LogP contribution in [0.3, 0.4) is 0 Å². The van der Waals surface area contributed by atoms with Crippen LogP contribution in [0.1, 0.15) is 27.6 Å². The van der Waals surface area contributed by atoms with E-state index in [0.717, 1.165) is 16.5 Å². The van der Waals surface area contributed by atoms with E-state index in [1.165, 1.54) is 11.3 Å². The first-order chi connectivity index (χ1) is 18.1. The Morgan fingerprint density at radius 1 is 0.919 bits per heavy atom. The lowest BCUT2D eigenvalue weighted by Crippen LogP contribution is -2.15. The standard InChI is InChI=1S/C30H24N2O4S/c1-3-36-30(34)27-24(19-13-15-21(35-2)16-14-19)18-37-29(27)32-28(33)23-17-26(20-9-5-4-6-10-20)31-25-12-8-7-11-22(23)25/h4-18H,3H2,1-2H3,(H,32,33). The highest BCUT2D eigenvalue weighted by atomic mass is 32.1. The van der Waals surface area contributed by atoms with Crippen molar-refractivity contribution in [3.8, 4) is 28.1 Å². The molecule has 0 aliphatic carbocycles. The van der Waals surface area contributed by atoms with Crippen LogP contribution < -0.4 is 10.1 Å². The van der Waals surface area contributed by atoms with Gasteiger partial charge >= 0.3 is 5.97 Å². The van der Waals surface area contributed by atoms with Crippen LogP contribution in [0.15, 0.2) is 90.3 Å². The zero-order chi connectivity index (χ0) is 25.8. The average molecular weight is 509 g/mol. The quantitative estimate of drug-likeness (QED) is 0.238. The molecule has 2 aromatic heterocycles. The van der Waals surface area contributed by atoms with Gasteiger partial charge in [0.25, 0.3) is 5.91 Å². The minimum atomic E-state index is -0.491. The van der Waals surface area contributed by atoms with Gasteiger partial charge in [-0.1, -0.05) is 60.7 Å². The molecule has 0 aliphatic heterocycles. The van der Waals surface area contributed by atoms with Crippen molar-refractivity contribution < 1.29 is 19.1 Å². The van der Waals surface area contributed by atoms with Gasteiger partial charge in [0.05, 0.1) is 30.5 Å². The summed E-state index contributed by atoms with van der Waals surface area (Å²) in [6, 6.07) is 26.4. The first-order valence-electron chi connectivity index (χ1n) is 11.8. The molecule has 5 aromatic rings. The third kappa shape index (κ3) is 4.94. The number of methoxy groups -OCH3 is 1. The Hall–Kier alpha value is -4.49. The minimum Gasteiger partial charge on any atom is -0.497 e. The van der Waals surface area contributed by atoms with E-state index in [1.807, 2.05) is 84.2 Å². The summed E-state index contributed by atoms with van der Waals surface area (Å²) in [7, 11) is 1.60. The largest absolute Gasteiger partial charge is 0.497 e. The van der Waals surface area contributed by atoms with Gasteiger partial charge in [-0.05, 0) is 36.8 Å². The number of ether oxygens (including phenoxy) is 2. The zero-order valence-corrected chi connectivity index (χ0v) is 21.2. The molecular weight excluding hydrogens is 484 g/mol. The van der Waals surface area contributed by atoms with Gasteiger partial charge in [-0.2, -0.15) is 0 Å². The van der Waals surface area contributed by atoms with Crippen molar-refractivity contribution in [1.29, 1.82) is 0 Å². The molecule has 6 nitrogen and oxygen atoms in total. The number of nitrogens with zero attached hydrogens (tertiary/aromatic N) is 1. The van der Waals surface area contributed by atoms with Crippen molar-refractivity contribution in [2.24, 2.45) is 0 Å². The minimum absolute atomic E-state index is 0.222. The Morgan fingerprint density at radius 3 is 2.38 bits per heavy atom. The Kier molecular flexibility index (Phi) is 6.96. The number of hydrogen-bond acceptors (Lipinski definition) is 6. The second-order valence-electron chi connectivity index (χ2n) is 8.19. The second-order valence-corrected chi connectivity index (χ2v) is 9.07. The molecule has 3 aromatic carbocycles. The van der Waals surface area contributed by atoms with Crippen LogP contribution in [-0.4, -0.2) is 30.6 Å². The fourth-order valence-electron chi connectivity index (χ4n) is 4.13. The van der Waals surface area contributed by atoms with Crippen LogP contribution >= 0.6 is 11.3 Å². The second kappa shape index (κ2) is 10.6. The van der Waals surface area contributed by atoms with Gasteiger partial charge in [0.15, 0.2) is 0 Å². The van der Waals surface area contributed by atoms with Crippen LogP contribution in [-0.2, 0) is 4.74 Å². The molecule has 0 unspecified atom stereocenters. The molecule has 1 amide bonds. The molecule has 7 heteroatoms. The maximum Gasteiger partial charge on any atom is 0.341 e. The Balaban J connectivity index is 1.56. The predicted octanol–water partition coefficient (Wildman–Crippen LogP) is 7.07. The van der Waals surface area contributed by atoms with E-state index in [9.17, 15) is 9.59 Å². The van der Waals surface area contributed by atoms with Crippen LogP contribution in [0, 0.1) is 0 Å². The van der Waals surface area contributed by atoms with E-state index >= 15 is 0 Å². The average Bonchev–Trinajstić information content (AvgIpc) is 3.36. The number of anilines is 1. The van der Waals surface area contributed by atoms with Crippen molar-refractivity contribution in [1.82, 2.24) is 4.98 Å². The molecule has 37 heavy (non-hydrogen) atoms. The van der Waals surface area contributed by atoms with E-state index in [0.29, 0.717) is 38.7 Å². The molecule has 0 bridgehead atoms. The van der Waals surface area contributed by atoms with Crippen molar-refractivity contribution >= 4 is 39.1 Å². The lowest BCUT2D eigenvalue weighted by atomic mass is 10.0. The summed E-state index contributed by atoms with van der Waals surface area (Å²) in [6.45, 7) is 1.98. The van der Waals surface area contributed by atoms with E-state index in [1.54, 1.807) is 20.1 Å². The summed E-state index contributed by atoms with van der Waals surface area (Å²) in [5, 5.41) is 5.98. The molecule has 0 atom stereocenters. The number of para-hydroxylation sites is 1. The summed E-state index contributed by atoms with van der Waals surface area (Å²) in [6.07, 6.45) is 0. The normalized spacial score (nSPS) is 10.8. The number of fused-ring (bicyclic) bond motifs is 1. The molecule has 0 saturated carbocycles. The lowest BCUT2D eigenvalue weighted by Gasteiger charge is -2.12. The number of esters is 1. The maximum absolute atomic E-state index is 13.7. The van der Waals surface area contributed by atoms with Gasteiger partial charge in [0.1, 0.15) is 16.3 Å². The fraction of sp³-hybridized carbons (Fsp3) is 0.100. The summed E-state index contributed by atoms with van der Waals surface area (Å²) in [4.78, 5) is 31.4. The van der Waals surface area contributed by atoms with Crippen molar-refractivity contribution in [2.75, 3.05) is 19.0 Å². The Labute approximate surface area is 218 Å². The Morgan fingerprint density at radius 2 is 1.65 bits per heavy atom. The molecule has 0 radical (unpaired) electrons. The summed E-state index contributed by atoms with van der Waals surface area (Å²) in [5.74, 6) is -0.108. The first kappa shape index (κ1) is 24.2. The fourth-order valence-corrected chi connectivity index (χ4v) is 5.08. The van der Waals surface area contributed by atoms with Crippen LogP contribution in [0.25, 0.3) is 33.3 Å². The van der Waals surface area contributed by atoms with Gasteiger partial charge in [0.2, 0.25) is 0 Å². The van der Waals surface area contributed by atoms with E-state index < -0.39 is 5.97 Å². The molecule has 0 fully saturated rings. The number of hydrogen-bond donors (Lipinski definition) is 1. The number of pyridine rings is 1. The van der Waals surface area contributed by atoms with Gasteiger partial charge in [-0.15, -0.1) is 11.3 Å². The summed E-state index contributed by atoms with van der Waals surface area (Å²) in [5.41, 5.74) is 4.62. The predicted molar refractivity (Wildman–Crippen MR) is 147 cm³/mol. The van der Waals surface area contributed by atoms with E-state index in [-0.39, 0.29) is 12.5 Å². The van der Waals surface area contributed by atoms with Gasteiger partial charge < -0.3 is 14.8 Å². The van der Waals surface area contributed by atoms with E-state index in [4.69, 9.17) is 14.5 Å². The van der Waals surface area contributed by atoms with E-state index in [2.05, 4.69) is 5.32 Å². The maximum atomic E-state index is 13.7. The third-order valence-electron chi connectivity index (χ3n) is 5.93. The smallest absolute Gasteiger partial charge is 0.341 e. The topological polar surface area (TPSA) is 77.5 Å². The summed E-state index contributed by atoms with van der Waals surface area (Å²) >= 11 is 1.28. The zero-order valence-electron chi connectivity index (χ0n) is 20.4. The number of nitrogens with one attached hydrogen (secondary N) is 1. The number of amides is 1. The number of aromatic nitrogens is 1. The van der Waals surface area contributed by atoms with Crippen molar-refractivity contribution in [3.05, 3.63) is 101 Å². The number of benzene rings is 3. The van der Waals surface area contributed by atoms with Gasteiger partial charge in [-0.3, -0.25) is 4.79 Å². The molecule has 184 valence electrons. The molecule has 0 aliphatic rings. The molecule has 2 heterocycles. The Bertz CT molecular complexity index is 1580. The molecule has 1 N–H and O–H groups in total. The van der Waals surface area contributed by atoms with Crippen molar-refractivity contribution in [3.63, 3.8) is 0 Å². The van der Waals surface area contributed by atoms with Crippen LogP contribution in [0.5, 0.6) is 5.75 Å². The molecule has 0 saturated heterocycles.